The van der Waals surface area contributed by atoms with Crippen molar-refractivity contribution in [2.45, 2.75) is 12.5 Å². The number of nitrogens with one attached hydrogen (secondary N) is 1. The van der Waals surface area contributed by atoms with Crippen LogP contribution in [0.3, 0.4) is 0 Å². The average molecular weight is 274 g/mol. The Morgan fingerprint density at radius 3 is 2.90 bits per heavy atom. The van der Waals surface area contributed by atoms with E-state index in [-0.39, 0.29) is 23.1 Å². The van der Waals surface area contributed by atoms with Gasteiger partial charge < -0.3 is 10.4 Å². The van der Waals surface area contributed by atoms with Crippen molar-refractivity contribution in [1.29, 1.82) is 5.26 Å². The minimum Gasteiger partial charge on any atom is -0.481 e. The van der Waals surface area contributed by atoms with E-state index in [4.69, 9.17) is 10.4 Å². The van der Waals surface area contributed by atoms with Gasteiger partial charge in [0.1, 0.15) is 6.07 Å². The van der Waals surface area contributed by atoms with Gasteiger partial charge in [0.2, 0.25) is 5.82 Å². The molecule has 102 valence electrons. The lowest BCUT2D eigenvalue weighted by Gasteiger charge is -2.12. The third kappa shape index (κ3) is 2.72. The normalized spacial score (nSPS) is 20.4. The van der Waals surface area contributed by atoms with Crippen LogP contribution in [0.15, 0.2) is 24.4 Å². The SMILES string of the molecule is N#Cc1cnc(NC2C=CC(C(=O)O)C2)c([N+](=O)[O-])c1. The van der Waals surface area contributed by atoms with Crippen LogP contribution in [0, 0.1) is 27.4 Å². The average Bonchev–Trinajstić information content (AvgIpc) is 2.87. The second kappa shape index (κ2) is 5.36. The van der Waals surface area contributed by atoms with Crippen molar-refractivity contribution in [2.24, 2.45) is 5.92 Å². The fourth-order valence-electron chi connectivity index (χ4n) is 1.93. The Balaban J connectivity index is 2.19. The molecule has 8 heteroatoms. The molecule has 2 rings (SSSR count). The van der Waals surface area contributed by atoms with Crippen LogP contribution in [0.4, 0.5) is 11.5 Å². The molecular weight excluding hydrogens is 264 g/mol. The molecule has 20 heavy (non-hydrogen) atoms. The van der Waals surface area contributed by atoms with Crippen molar-refractivity contribution in [1.82, 2.24) is 4.98 Å². The molecule has 2 N–H and O–H groups in total. The number of rotatable bonds is 4. The topological polar surface area (TPSA) is 129 Å². The minimum absolute atomic E-state index is 0.0229. The van der Waals surface area contributed by atoms with Gasteiger partial charge in [-0.15, -0.1) is 0 Å². The molecule has 0 saturated heterocycles. The standard InChI is InChI=1S/C12H10N4O4/c13-5-7-3-10(16(19)20)11(14-6-7)15-9-2-1-8(4-9)12(17)18/h1-3,6,8-9H,4H2,(H,14,15)(H,17,18). The third-order valence-electron chi connectivity index (χ3n) is 2.92. The molecule has 0 fully saturated rings. The molecule has 0 spiro atoms. The predicted molar refractivity (Wildman–Crippen MR) is 67.9 cm³/mol. The molecule has 0 aliphatic heterocycles. The van der Waals surface area contributed by atoms with Gasteiger partial charge >= 0.3 is 11.7 Å². The molecule has 1 aliphatic rings. The summed E-state index contributed by atoms with van der Waals surface area (Å²) in [6, 6.07) is 2.57. The summed E-state index contributed by atoms with van der Waals surface area (Å²) in [6.07, 6.45) is 4.70. The molecule has 0 bridgehead atoms. The number of anilines is 1. The molecule has 2 atom stereocenters. The molecule has 0 aromatic carbocycles. The zero-order chi connectivity index (χ0) is 14.7. The summed E-state index contributed by atoms with van der Waals surface area (Å²) < 4.78 is 0. The molecule has 1 heterocycles. The zero-order valence-corrected chi connectivity index (χ0v) is 10.2. The molecule has 0 radical (unpaired) electrons. The van der Waals surface area contributed by atoms with E-state index in [1.807, 2.05) is 0 Å². The highest BCUT2D eigenvalue weighted by molar-refractivity contribution is 5.73. The third-order valence-corrected chi connectivity index (χ3v) is 2.92. The second-order valence-electron chi connectivity index (χ2n) is 4.28. The molecular formula is C12H10N4O4. The van der Waals surface area contributed by atoms with Gasteiger partial charge in [-0.05, 0) is 6.42 Å². The van der Waals surface area contributed by atoms with E-state index in [0.717, 1.165) is 6.07 Å². The van der Waals surface area contributed by atoms with Gasteiger partial charge in [-0.3, -0.25) is 14.9 Å². The Kier molecular flexibility index (Phi) is 3.61. The molecule has 0 amide bonds. The van der Waals surface area contributed by atoms with E-state index in [2.05, 4.69) is 10.3 Å². The van der Waals surface area contributed by atoms with Crippen LogP contribution in [0.25, 0.3) is 0 Å². The lowest BCUT2D eigenvalue weighted by atomic mass is 10.1. The van der Waals surface area contributed by atoms with Crippen LogP contribution >= 0.6 is 0 Å². The van der Waals surface area contributed by atoms with E-state index in [9.17, 15) is 14.9 Å². The highest BCUT2D eigenvalue weighted by atomic mass is 16.6. The molecule has 1 aromatic heterocycles. The zero-order valence-electron chi connectivity index (χ0n) is 10.2. The minimum atomic E-state index is -0.937. The van der Waals surface area contributed by atoms with Crippen LogP contribution in [0.1, 0.15) is 12.0 Å². The summed E-state index contributed by atoms with van der Waals surface area (Å²) in [5, 5.41) is 31.3. The fraction of sp³-hybridized carbons (Fsp3) is 0.250. The van der Waals surface area contributed by atoms with E-state index < -0.39 is 16.8 Å². The van der Waals surface area contributed by atoms with Crippen LogP contribution in [0.2, 0.25) is 0 Å². The summed E-state index contributed by atoms with van der Waals surface area (Å²) in [5.41, 5.74) is -0.219. The van der Waals surface area contributed by atoms with Crippen molar-refractivity contribution in [3.05, 3.63) is 40.1 Å². The summed E-state index contributed by atoms with van der Waals surface area (Å²) >= 11 is 0. The molecule has 8 nitrogen and oxygen atoms in total. The van der Waals surface area contributed by atoms with Crippen LogP contribution < -0.4 is 5.32 Å². The highest BCUT2D eigenvalue weighted by Gasteiger charge is 2.26. The monoisotopic (exact) mass is 274 g/mol. The number of hydrogen-bond donors (Lipinski definition) is 2. The van der Waals surface area contributed by atoms with Gasteiger partial charge in [0.05, 0.1) is 16.4 Å². The Bertz CT molecular complexity index is 635. The molecule has 0 saturated carbocycles. The first-order chi connectivity index (χ1) is 9.51. The number of carboxylic acid groups (broad SMARTS) is 1. The van der Waals surface area contributed by atoms with Crippen molar-refractivity contribution >= 4 is 17.5 Å². The molecule has 2 unspecified atom stereocenters. The maximum absolute atomic E-state index is 10.9. The van der Waals surface area contributed by atoms with Crippen molar-refractivity contribution in [3.63, 3.8) is 0 Å². The number of aromatic nitrogens is 1. The lowest BCUT2D eigenvalue weighted by Crippen LogP contribution is -2.20. The number of carboxylic acids is 1. The molecule has 1 aliphatic carbocycles. The van der Waals surface area contributed by atoms with Gasteiger partial charge in [0.15, 0.2) is 0 Å². The van der Waals surface area contributed by atoms with Crippen molar-refractivity contribution in [2.75, 3.05) is 5.32 Å². The number of nitro groups is 1. The highest BCUT2D eigenvalue weighted by Crippen LogP contribution is 2.27. The van der Waals surface area contributed by atoms with E-state index >= 15 is 0 Å². The summed E-state index contributed by atoms with van der Waals surface area (Å²) in [4.78, 5) is 25.0. The summed E-state index contributed by atoms with van der Waals surface area (Å²) in [7, 11) is 0. The van der Waals surface area contributed by atoms with E-state index in [1.54, 1.807) is 12.1 Å². The fourth-order valence-corrected chi connectivity index (χ4v) is 1.93. The quantitative estimate of drug-likeness (QED) is 0.480. The summed E-state index contributed by atoms with van der Waals surface area (Å²) in [6.45, 7) is 0. The van der Waals surface area contributed by atoms with E-state index in [0.29, 0.717) is 6.42 Å². The summed E-state index contributed by atoms with van der Waals surface area (Å²) in [5.74, 6) is -1.52. The van der Waals surface area contributed by atoms with Crippen molar-refractivity contribution < 1.29 is 14.8 Å². The van der Waals surface area contributed by atoms with E-state index in [1.165, 1.54) is 12.3 Å². The van der Waals surface area contributed by atoms with Crippen LogP contribution in [-0.2, 0) is 4.79 Å². The first kappa shape index (κ1) is 13.5. The smallest absolute Gasteiger partial charge is 0.312 e. The van der Waals surface area contributed by atoms with Crippen LogP contribution in [-0.4, -0.2) is 27.0 Å². The Morgan fingerprint density at radius 2 is 2.35 bits per heavy atom. The first-order valence-corrected chi connectivity index (χ1v) is 5.73. The van der Waals surface area contributed by atoms with Crippen molar-refractivity contribution in [3.8, 4) is 6.07 Å². The first-order valence-electron chi connectivity index (χ1n) is 5.73. The number of aliphatic carboxylic acids is 1. The number of nitrogens with zero attached hydrogens (tertiary/aromatic N) is 3. The number of nitriles is 1. The van der Waals surface area contributed by atoms with Gasteiger partial charge in [-0.2, -0.15) is 5.26 Å². The number of hydrogen-bond acceptors (Lipinski definition) is 6. The Morgan fingerprint density at radius 1 is 1.60 bits per heavy atom. The van der Waals surface area contributed by atoms with Gasteiger partial charge in [-0.25, -0.2) is 4.98 Å². The number of carbonyl (C=O) groups is 1. The van der Waals surface area contributed by atoms with Gasteiger partial charge in [0, 0.05) is 18.3 Å². The second-order valence-corrected chi connectivity index (χ2v) is 4.28. The maximum Gasteiger partial charge on any atom is 0.312 e. The van der Waals surface area contributed by atoms with Gasteiger partial charge in [0.25, 0.3) is 0 Å². The number of pyridine rings is 1. The lowest BCUT2D eigenvalue weighted by molar-refractivity contribution is -0.384. The Hall–Kier alpha value is -2.95. The maximum atomic E-state index is 10.9. The van der Waals surface area contributed by atoms with Crippen LogP contribution in [0.5, 0.6) is 0 Å². The largest absolute Gasteiger partial charge is 0.481 e. The van der Waals surface area contributed by atoms with Gasteiger partial charge in [-0.1, -0.05) is 12.2 Å². The molecule has 1 aromatic rings. The predicted octanol–water partition coefficient (Wildman–Crippen LogP) is 1.30. The Labute approximate surface area is 113 Å².